The van der Waals surface area contributed by atoms with Crippen molar-refractivity contribution < 1.29 is 18.7 Å². The largest absolute Gasteiger partial charge is 0.496 e. The Morgan fingerprint density at radius 2 is 2.00 bits per heavy atom. The number of nitrogens with zero attached hydrogens (tertiary/aromatic N) is 2. The zero-order valence-corrected chi connectivity index (χ0v) is 18.6. The molecule has 168 valence electrons. The Balaban J connectivity index is 1.54. The van der Waals surface area contributed by atoms with Gasteiger partial charge < -0.3 is 23.9 Å². The summed E-state index contributed by atoms with van der Waals surface area (Å²) < 4.78 is 13.0. The fourth-order valence-electron chi connectivity index (χ4n) is 5.11. The summed E-state index contributed by atoms with van der Waals surface area (Å²) in [7, 11) is 1.62. The van der Waals surface area contributed by atoms with Gasteiger partial charge in [-0.2, -0.15) is 0 Å². The van der Waals surface area contributed by atoms with Crippen molar-refractivity contribution in [2.24, 2.45) is 0 Å². The molecule has 3 heterocycles. The molecule has 1 aliphatic heterocycles. The maximum Gasteiger partial charge on any atom is 0.271 e. The van der Waals surface area contributed by atoms with Crippen LogP contribution in [0.5, 0.6) is 5.75 Å². The SMILES string of the molecule is COc1ccccc1CN1C(=O)c2cc3occc3n2C[C@@]1(C)C(=O)NC1CCCCC1. The first-order chi connectivity index (χ1) is 15.5. The van der Waals surface area contributed by atoms with Gasteiger partial charge in [0.05, 0.1) is 32.0 Å². The molecular formula is C25H29N3O4. The summed E-state index contributed by atoms with van der Waals surface area (Å²) in [6.07, 6.45) is 7.06. The van der Waals surface area contributed by atoms with Crippen molar-refractivity contribution in [2.45, 2.75) is 63.7 Å². The van der Waals surface area contributed by atoms with Crippen LogP contribution >= 0.6 is 0 Å². The van der Waals surface area contributed by atoms with Crippen LogP contribution in [0.2, 0.25) is 0 Å². The highest BCUT2D eigenvalue weighted by molar-refractivity contribution is 6.02. The Morgan fingerprint density at radius 1 is 1.22 bits per heavy atom. The lowest BCUT2D eigenvalue weighted by atomic mass is 9.91. The van der Waals surface area contributed by atoms with Crippen molar-refractivity contribution in [3.05, 3.63) is 53.9 Å². The van der Waals surface area contributed by atoms with E-state index in [1.807, 2.05) is 41.8 Å². The number of hydrogen-bond acceptors (Lipinski definition) is 4. The number of methoxy groups -OCH3 is 1. The molecule has 1 aromatic carbocycles. The monoisotopic (exact) mass is 435 g/mol. The van der Waals surface area contributed by atoms with Crippen molar-refractivity contribution in [3.8, 4) is 5.75 Å². The number of furan rings is 1. The van der Waals surface area contributed by atoms with Gasteiger partial charge in [-0.25, -0.2) is 0 Å². The highest BCUT2D eigenvalue weighted by Crippen LogP contribution is 2.35. The quantitative estimate of drug-likeness (QED) is 0.654. The molecule has 1 atom stereocenters. The van der Waals surface area contributed by atoms with Crippen molar-refractivity contribution in [1.29, 1.82) is 0 Å². The molecular weight excluding hydrogens is 406 g/mol. The van der Waals surface area contributed by atoms with Crippen LogP contribution < -0.4 is 10.1 Å². The number of nitrogens with one attached hydrogen (secondary N) is 1. The molecule has 2 aromatic heterocycles. The Morgan fingerprint density at radius 3 is 2.78 bits per heavy atom. The maximum atomic E-state index is 13.7. The van der Waals surface area contributed by atoms with Gasteiger partial charge in [0.25, 0.3) is 5.91 Å². The average molecular weight is 436 g/mol. The van der Waals surface area contributed by atoms with Crippen LogP contribution in [0.4, 0.5) is 0 Å². The average Bonchev–Trinajstić information content (AvgIpc) is 3.40. The van der Waals surface area contributed by atoms with Crippen LogP contribution in [0.1, 0.15) is 55.1 Å². The third-order valence-electron chi connectivity index (χ3n) is 7.00. The zero-order valence-electron chi connectivity index (χ0n) is 18.6. The fraction of sp³-hybridized carbons (Fsp3) is 0.440. The molecule has 0 saturated heterocycles. The van der Waals surface area contributed by atoms with E-state index in [4.69, 9.17) is 9.15 Å². The van der Waals surface area contributed by atoms with E-state index in [0.717, 1.165) is 36.8 Å². The fourth-order valence-corrected chi connectivity index (χ4v) is 5.11. The number of benzene rings is 1. The molecule has 0 unspecified atom stereocenters. The van der Waals surface area contributed by atoms with Crippen molar-refractivity contribution in [1.82, 2.24) is 14.8 Å². The van der Waals surface area contributed by atoms with E-state index < -0.39 is 5.54 Å². The summed E-state index contributed by atoms with van der Waals surface area (Å²) in [4.78, 5) is 29.2. The van der Waals surface area contributed by atoms with Crippen LogP contribution in [0.25, 0.3) is 11.1 Å². The number of aromatic nitrogens is 1. The van der Waals surface area contributed by atoms with Gasteiger partial charge in [0.2, 0.25) is 5.91 Å². The smallest absolute Gasteiger partial charge is 0.271 e. The number of hydrogen-bond donors (Lipinski definition) is 1. The summed E-state index contributed by atoms with van der Waals surface area (Å²) >= 11 is 0. The number of para-hydroxylation sites is 1. The number of carbonyl (C=O) groups is 2. The molecule has 0 radical (unpaired) electrons. The molecule has 5 rings (SSSR count). The second kappa shape index (κ2) is 8.04. The molecule has 7 heteroatoms. The van der Waals surface area contributed by atoms with Crippen molar-refractivity contribution in [2.75, 3.05) is 7.11 Å². The van der Waals surface area contributed by atoms with E-state index in [1.165, 1.54) is 6.42 Å². The molecule has 2 aliphatic rings. The normalized spacial score (nSPS) is 21.6. The maximum absolute atomic E-state index is 13.7. The number of ether oxygens (including phenoxy) is 1. The third-order valence-corrected chi connectivity index (χ3v) is 7.00. The standard InChI is InChI=1S/C25H29N3O4/c1-25(24(30)26-18-9-4-3-5-10-18)16-27-19-12-13-32-22(19)14-20(27)23(29)28(25)15-17-8-6-7-11-21(17)31-2/h6-8,11-14,18H,3-5,9-10,15-16H2,1-2H3,(H,26,30)/t25-/m0/s1. The van der Waals surface area contributed by atoms with Gasteiger partial charge in [-0.1, -0.05) is 37.5 Å². The lowest BCUT2D eigenvalue weighted by molar-refractivity contribution is -0.134. The van der Waals surface area contributed by atoms with E-state index in [9.17, 15) is 9.59 Å². The lowest BCUT2D eigenvalue weighted by Crippen LogP contribution is -2.64. The van der Waals surface area contributed by atoms with Crippen LogP contribution in [0, 0.1) is 0 Å². The van der Waals surface area contributed by atoms with Gasteiger partial charge >= 0.3 is 0 Å². The Hall–Kier alpha value is -3.22. The molecule has 1 fully saturated rings. The summed E-state index contributed by atoms with van der Waals surface area (Å²) in [5, 5.41) is 3.26. The van der Waals surface area contributed by atoms with Crippen LogP contribution in [-0.4, -0.2) is 40.0 Å². The number of carbonyl (C=O) groups excluding carboxylic acids is 2. The first-order valence-corrected chi connectivity index (χ1v) is 11.3. The predicted octanol–water partition coefficient (Wildman–Crippen LogP) is 4.11. The van der Waals surface area contributed by atoms with E-state index in [1.54, 1.807) is 24.3 Å². The Bertz CT molecular complexity index is 1160. The molecule has 2 amide bonds. The molecule has 0 bridgehead atoms. The van der Waals surface area contributed by atoms with Gasteiger partial charge in [-0.15, -0.1) is 0 Å². The van der Waals surface area contributed by atoms with Crippen molar-refractivity contribution in [3.63, 3.8) is 0 Å². The van der Waals surface area contributed by atoms with Gasteiger partial charge in [0, 0.05) is 23.7 Å². The summed E-state index contributed by atoms with van der Waals surface area (Å²) in [5.41, 5.74) is 1.84. The molecule has 32 heavy (non-hydrogen) atoms. The second-order valence-electron chi connectivity index (χ2n) is 9.07. The van der Waals surface area contributed by atoms with Gasteiger partial charge in [-0.05, 0) is 25.8 Å². The summed E-state index contributed by atoms with van der Waals surface area (Å²) in [5.74, 6) is 0.406. The molecule has 1 N–H and O–H groups in total. The van der Waals surface area contributed by atoms with Crippen molar-refractivity contribution >= 4 is 22.9 Å². The van der Waals surface area contributed by atoms with Crippen LogP contribution in [0.3, 0.4) is 0 Å². The second-order valence-corrected chi connectivity index (χ2v) is 9.07. The first kappa shape index (κ1) is 20.7. The summed E-state index contributed by atoms with van der Waals surface area (Å²) in [6, 6.07) is 11.4. The van der Waals surface area contributed by atoms with E-state index >= 15 is 0 Å². The van der Waals surface area contributed by atoms with E-state index in [2.05, 4.69) is 5.32 Å². The summed E-state index contributed by atoms with van der Waals surface area (Å²) in [6.45, 7) is 2.52. The molecule has 1 saturated carbocycles. The molecule has 0 spiro atoms. The highest BCUT2D eigenvalue weighted by Gasteiger charge is 2.48. The minimum absolute atomic E-state index is 0.108. The zero-order chi connectivity index (χ0) is 22.3. The van der Waals surface area contributed by atoms with E-state index in [0.29, 0.717) is 23.6 Å². The van der Waals surface area contributed by atoms with Gasteiger partial charge in [0.15, 0.2) is 5.58 Å². The van der Waals surface area contributed by atoms with Gasteiger partial charge in [0.1, 0.15) is 17.0 Å². The van der Waals surface area contributed by atoms with E-state index in [-0.39, 0.29) is 24.4 Å². The molecule has 1 aliphatic carbocycles. The number of rotatable bonds is 5. The topological polar surface area (TPSA) is 76.7 Å². The Kier molecular flexibility index (Phi) is 5.19. The van der Waals surface area contributed by atoms with Gasteiger partial charge in [-0.3, -0.25) is 9.59 Å². The van der Waals surface area contributed by atoms with Crippen LogP contribution in [-0.2, 0) is 17.9 Å². The predicted molar refractivity (Wildman–Crippen MR) is 120 cm³/mol. The minimum atomic E-state index is -1.05. The third kappa shape index (κ3) is 3.36. The highest BCUT2D eigenvalue weighted by atomic mass is 16.5. The van der Waals surface area contributed by atoms with Crippen LogP contribution in [0.15, 0.2) is 47.1 Å². The Labute approximate surface area is 187 Å². The number of fused-ring (bicyclic) bond motifs is 3. The number of amides is 2. The molecule has 7 nitrogen and oxygen atoms in total. The lowest BCUT2D eigenvalue weighted by Gasteiger charge is -2.45. The minimum Gasteiger partial charge on any atom is -0.496 e. The first-order valence-electron chi connectivity index (χ1n) is 11.3. The molecule has 3 aromatic rings.